The minimum Gasteiger partial charge on any atom is -0.375 e. The van der Waals surface area contributed by atoms with E-state index >= 15 is 0 Å². The monoisotopic (exact) mass is 405 g/mol. The van der Waals surface area contributed by atoms with Crippen LogP contribution in [-0.4, -0.2) is 34.2 Å². The van der Waals surface area contributed by atoms with Gasteiger partial charge in [0.25, 0.3) is 10.0 Å². The molecule has 0 radical (unpaired) electrons. The maximum atomic E-state index is 13.0. The summed E-state index contributed by atoms with van der Waals surface area (Å²) >= 11 is 0. The Morgan fingerprint density at radius 2 is 1.70 bits per heavy atom. The van der Waals surface area contributed by atoms with Crippen molar-refractivity contribution < 1.29 is 17.4 Å². The van der Waals surface area contributed by atoms with Crippen LogP contribution in [0.15, 0.2) is 71.6 Å². The summed E-state index contributed by atoms with van der Waals surface area (Å²) in [7, 11) is -5.61. The molecule has 0 spiro atoms. The SMILES string of the molecule is Cc1ccc(S(=O)(=O)N2[C@@H](C)C=C[C@@H](COCc3ccccc3)[S@@]2=O)cc1. The van der Waals surface area contributed by atoms with Crippen LogP contribution in [0.4, 0.5) is 0 Å². The summed E-state index contributed by atoms with van der Waals surface area (Å²) in [6, 6.07) is 15.8. The molecule has 0 N–H and O–H groups in total. The minimum atomic E-state index is -3.86. The summed E-state index contributed by atoms with van der Waals surface area (Å²) in [5, 5.41) is -0.509. The Labute approximate surface area is 163 Å². The largest absolute Gasteiger partial charge is 0.375 e. The number of aryl methyl sites for hydroxylation is 1. The van der Waals surface area contributed by atoms with Crippen molar-refractivity contribution in [3.8, 4) is 0 Å². The molecular weight excluding hydrogens is 382 g/mol. The van der Waals surface area contributed by atoms with E-state index in [-0.39, 0.29) is 11.5 Å². The Kier molecular flexibility index (Phi) is 6.26. The maximum Gasteiger partial charge on any atom is 0.254 e. The lowest BCUT2D eigenvalue weighted by molar-refractivity contribution is 0.126. The van der Waals surface area contributed by atoms with E-state index in [4.69, 9.17) is 4.74 Å². The van der Waals surface area contributed by atoms with Gasteiger partial charge in [0.15, 0.2) is 0 Å². The average Bonchev–Trinajstić information content (AvgIpc) is 2.65. The minimum absolute atomic E-state index is 0.146. The molecule has 144 valence electrons. The van der Waals surface area contributed by atoms with E-state index in [1.54, 1.807) is 43.3 Å². The predicted molar refractivity (Wildman–Crippen MR) is 107 cm³/mol. The highest BCUT2D eigenvalue weighted by atomic mass is 32.3. The van der Waals surface area contributed by atoms with Gasteiger partial charge in [0.1, 0.15) is 11.0 Å². The lowest BCUT2D eigenvalue weighted by atomic mass is 10.2. The molecule has 2 aromatic rings. The average molecular weight is 406 g/mol. The summed E-state index contributed by atoms with van der Waals surface area (Å²) in [6.07, 6.45) is 3.55. The fourth-order valence-electron chi connectivity index (χ4n) is 2.83. The normalized spacial score (nSPS) is 23.4. The van der Waals surface area contributed by atoms with E-state index < -0.39 is 32.3 Å². The van der Waals surface area contributed by atoms with Gasteiger partial charge < -0.3 is 4.74 Å². The number of rotatable bonds is 6. The first-order chi connectivity index (χ1) is 12.9. The van der Waals surface area contributed by atoms with Crippen molar-refractivity contribution in [3.63, 3.8) is 0 Å². The number of benzene rings is 2. The Morgan fingerprint density at radius 1 is 1.04 bits per heavy atom. The summed E-state index contributed by atoms with van der Waals surface area (Å²) in [5.41, 5.74) is 1.98. The topological polar surface area (TPSA) is 63.7 Å². The standard InChI is InChI=1S/C20H23NO4S2/c1-16-8-12-20(13-9-16)27(23,24)21-17(2)10-11-19(26(21)22)15-25-14-18-6-4-3-5-7-18/h3-13,17,19H,14-15H2,1-2H3/t17-,19-,26-/m0/s1. The number of hydrogen-bond acceptors (Lipinski definition) is 4. The molecule has 1 aliphatic heterocycles. The van der Waals surface area contributed by atoms with Crippen LogP contribution >= 0.6 is 0 Å². The smallest absolute Gasteiger partial charge is 0.254 e. The molecule has 2 aromatic carbocycles. The van der Waals surface area contributed by atoms with Crippen LogP contribution in [0.3, 0.4) is 0 Å². The summed E-state index contributed by atoms with van der Waals surface area (Å²) in [6.45, 7) is 4.19. The van der Waals surface area contributed by atoms with Crippen LogP contribution in [0.5, 0.6) is 0 Å². The quantitative estimate of drug-likeness (QED) is 0.693. The molecule has 0 aromatic heterocycles. The summed E-state index contributed by atoms with van der Waals surface area (Å²) < 4.78 is 45.8. The van der Waals surface area contributed by atoms with Crippen LogP contribution in [0, 0.1) is 6.92 Å². The Bertz CT molecular complexity index is 924. The second kappa shape index (κ2) is 8.48. The zero-order chi connectivity index (χ0) is 19.4. The molecule has 1 aliphatic rings. The zero-order valence-electron chi connectivity index (χ0n) is 15.3. The van der Waals surface area contributed by atoms with E-state index in [1.165, 1.54) is 0 Å². The molecule has 0 fully saturated rings. The molecule has 0 saturated carbocycles. The number of nitrogens with zero attached hydrogens (tertiary/aromatic N) is 1. The second-order valence-electron chi connectivity index (χ2n) is 6.51. The van der Waals surface area contributed by atoms with E-state index in [1.807, 2.05) is 37.3 Å². The first-order valence-electron chi connectivity index (χ1n) is 8.71. The fourth-order valence-corrected chi connectivity index (χ4v) is 6.49. The fraction of sp³-hybridized carbons (Fsp3) is 0.300. The third-order valence-corrected chi connectivity index (χ3v) is 8.52. The van der Waals surface area contributed by atoms with Crippen LogP contribution < -0.4 is 0 Å². The third kappa shape index (κ3) is 4.55. The van der Waals surface area contributed by atoms with Crippen molar-refractivity contribution in [2.45, 2.75) is 36.6 Å². The lowest BCUT2D eigenvalue weighted by Crippen LogP contribution is -2.46. The van der Waals surface area contributed by atoms with Gasteiger partial charge in [-0.2, -0.15) is 0 Å². The van der Waals surface area contributed by atoms with Gasteiger partial charge in [-0.05, 0) is 31.5 Å². The molecule has 1 heterocycles. The first kappa shape index (κ1) is 19.9. The van der Waals surface area contributed by atoms with Crippen LogP contribution in [0.1, 0.15) is 18.1 Å². The Balaban J connectivity index is 1.74. The van der Waals surface area contributed by atoms with Gasteiger partial charge >= 0.3 is 0 Å². The van der Waals surface area contributed by atoms with Crippen molar-refractivity contribution in [1.82, 2.24) is 3.71 Å². The van der Waals surface area contributed by atoms with Gasteiger partial charge in [0, 0.05) is 0 Å². The van der Waals surface area contributed by atoms with Crippen LogP contribution in [0.2, 0.25) is 0 Å². The van der Waals surface area contributed by atoms with E-state index in [2.05, 4.69) is 0 Å². The second-order valence-corrected chi connectivity index (χ2v) is 10.1. The van der Waals surface area contributed by atoms with Crippen LogP contribution in [0.25, 0.3) is 0 Å². The van der Waals surface area contributed by atoms with Crippen molar-refractivity contribution in [3.05, 3.63) is 77.9 Å². The first-order valence-corrected chi connectivity index (χ1v) is 11.3. The van der Waals surface area contributed by atoms with Gasteiger partial charge in [-0.3, -0.25) is 0 Å². The molecule has 0 unspecified atom stereocenters. The van der Waals surface area contributed by atoms with Gasteiger partial charge in [0.05, 0.1) is 29.4 Å². The van der Waals surface area contributed by atoms with Gasteiger partial charge in [0.2, 0.25) is 0 Å². The van der Waals surface area contributed by atoms with Crippen molar-refractivity contribution >= 4 is 21.0 Å². The van der Waals surface area contributed by atoms with Crippen molar-refractivity contribution in [2.24, 2.45) is 0 Å². The third-order valence-electron chi connectivity index (χ3n) is 4.32. The van der Waals surface area contributed by atoms with Crippen molar-refractivity contribution in [1.29, 1.82) is 0 Å². The van der Waals surface area contributed by atoms with Gasteiger partial charge in [-0.15, -0.1) is 3.71 Å². The molecule has 0 bridgehead atoms. The highest BCUT2D eigenvalue weighted by Gasteiger charge is 2.38. The number of ether oxygens (including phenoxy) is 1. The molecular formula is C20H23NO4S2. The highest BCUT2D eigenvalue weighted by Crippen LogP contribution is 2.26. The molecule has 5 nitrogen and oxygen atoms in total. The molecule has 27 heavy (non-hydrogen) atoms. The van der Waals surface area contributed by atoms with E-state index in [9.17, 15) is 12.6 Å². The van der Waals surface area contributed by atoms with E-state index in [0.717, 1.165) is 14.8 Å². The maximum absolute atomic E-state index is 13.0. The summed E-state index contributed by atoms with van der Waals surface area (Å²) in [4.78, 5) is 0.146. The number of sulfonamides is 1. The van der Waals surface area contributed by atoms with Gasteiger partial charge in [-0.1, -0.05) is 60.2 Å². The van der Waals surface area contributed by atoms with E-state index in [0.29, 0.717) is 6.61 Å². The molecule has 3 rings (SSSR count). The zero-order valence-corrected chi connectivity index (χ0v) is 16.9. The molecule has 7 heteroatoms. The van der Waals surface area contributed by atoms with Crippen LogP contribution in [-0.2, 0) is 32.4 Å². The lowest BCUT2D eigenvalue weighted by Gasteiger charge is -2.31. The Morgan fingerprint density at radius 3 is 2.37 bits per heavy atom. The van der Waals surface area contributed by atoms with Gasteiger partial charge in [-0.25, -0.2) is 12.6 Å². The summed E-state index contributed by atoms with van der Waals surface area (Å²) in [5.74, 6) is 0. The predicted octanol–water partition coefficient (Wildman–Crippen LogP) is 3.19. The molecule has 0 saturated heterocycles. The van der Waals surface area contributed by atoms with Crippen molar-refractivity contribution in [2.75, 3.05) is 6.61 Å². The molecule has 0 aliphatic carbocycles. The Hall–Kier alpha value is -1.80. The number of hydrogen-bond donors (Lipinski definition) is 0. The molecule has 3 atom stereocenters. The molecule has 0 amide bonds. The highest BCUT2D eigenvalue weighted by molar-refractivity contribution is 8.01.